The Kier molecular flexibility index (Phi) is 6.39. The predicted octanol–water partition coefficient (Wildman–Crippen LogP) is 3.15. The van der Waals surface area contributed by atoms with Gasteiger partial charge < -0.3 is 20.9 Å². The molecule has 0 saturated heterocycles. The van der Waals surface area contributed by atoms with E-state index >= 15 is 0 Å². The van der Waals surface area contributed by atoms with Gasteiger partial charge in [0.15, 0.2) is 0 Å². The number of benzene rings is 2. The quantitative estimate of drug-likeness (QED) is 0.724. The summed E-state index contributed by atoms with van der Waals surface area (Å²) < 4.78 is 0. The van der Waals surface area contributed by atoms with Crippen LogP contribution in [0.3, 0.4) is 0 Å². The standard InChI is InChI=1S/C19H24N4O2/c1-14(24)21-17-6-4-5-16(13-17)20-12-11-19(25)22-15-7-9-18(10-8-15)23(2)3/h4-10,13,20H,11-12H2,1-3H3,(H,21,24)(H,22,25). The third-order valence-electron chi connectivity index (χ3n) is 3.53. The average molecular weight is 340 g/mol. The van der Waals surface area contributed by atoms with Crippen LogP contribution in [0.25, 0.3) is 0 Å². The molecule has 0 aliphatic carbocycles. The summed E-state index contributed by atoms with van der Waals surface area (Å²) in [6, 6.07) is 15.1. The van der Waals surface area contributed by atoms with Crippen LogP contribution in [0.15, 0.2) is 48.5 Å². The summed E-state index contributed by atoms with van der Waals surface area (Å²) in [5.41, 5.74) is 3.44. The Balaban J connectivity index is 1.79. The fourth-order valence-electron chi connectivity index (χ4n) is 2.30. The number of nitrogens with zero attached hydrogens (tertiary/aromatic N) is 1. The van der Waals surface area contributed by atoms with Gasteiger partial charge in [-0.3, -0.25) is 9.59 Å². The minimum absolute atomic E-state index is 0.0527. The molecule has 0 heterocycles. The summed E-state index contributed by atoms with van der Waals surface area (Å²) in [6.45, 7) is 1.97. The molecule has 132 valence electrons. The molecule has 0 aromatic heterocycles. The highest BCUT2D eigenvalue weighted by Crippen LogP contribution is 2.16. The Labute approximate surface area is 148 Å². The van der Waals surface area contributed by atoms with Gasteiger partial charge in [-0.1, -0.05) is 6.07 Å². The zero-order valence-electron chi connectivity index (χ0n) is 14.8. The lowest BCUT2D eigenvalue weighted by atomic mass is 10.2. The second kappa shape index (κ2) is 8.73. The van der Waals surface area contributed by atoms with Gasteiger partial charge in [0.05, 0.1) is 0 Å². The first kappa shape index (κ1) is 18.3. The van der Waals surface area contributed by atoms with Gasteiger partial charge in [0.25, 0.3) is 0 Å². The van der Waals surface area contributed by atoms with Crippen molar-refractivity contribution in [1.82, 2.24) is 0 Å². The molecule has 0 radical (unpaired) electrons. The maximum atomic E-state index is 12.0. The van der Waals surface area contributed by atoms with Crippen molar-refractivity contribution in [2.75, 3.05) is 41.5 Å². The Bertz CT molecular complexity index is 726. The van der Waals surface area contributed by atoms with Gasteiger partial charge in [0, 0.05) is 56.7 Å². The molecule has 0 atom stereocenters. The summed E-state index contributed by atoms with van der Waals surface area (Å²) in [6.07, 6.45) is 0.347. The highest BCUT2D eigenvalue weighted by Gasteiger charge is 2.04. The maximum Gasteiger partial charge on any atom is 0.226 e. The molecule has 2 amide bonds. The van der Waals surface area contributed by atoms with Gasteiger partial charge in [-0.2, -0.15) is 0 Å². The fourth-order valence-corrected chi connectivity index (χ4v) is 2.30. The number of amides is 2. The molecule has 0 spiro atoms. The van der Waals surface area contributed by atoms with Gasteiger partial charge >= 0.3 is 0 Å². The van der Waals surface area contributed by atoms with Crippen LogP contribution in [-0.2, 0) is 9.59 Å². The number of carbonyl (C=O) groups is 2. The molecular formula is C19H24N4O2. The van der Waals surface area contributed by atoms with E-state index in [1.807, 2.05) is 67.5 Å². The molecule has 0 aliphatic rings. The van der Waals surface area contributed by atoms with Crippen LogP contribution in [0.4, 0.5) is 22.7 Å². The molecular weight excluding hydrogens is 316 g/mol. The first-order valence-corrected chi connectivity index (χ1v) is 8.13. The number of anilines is 4. The Morgan fingerprint density at radius 1 is 0.920 bits per heavy atom. The SMILES string of the molecule is CC(=O)Nc1cccc(NCCC(=O)Nc2ccc(N(C)C)cc2)c1. The molecule has 0 unspecified atom stereocenters. The molecule has 0 aliphatic heterocycles. The van der Waals surface area contributed by atoms with E-state index in [1.165, 1.54) is 6.92 Å². The van der Waals surface area contributed by atoms with Crippen molar-refractivity contribution in [3.63, 3.8) is 0 Å². The summed E-state index contributed by atoms with van der Waals surface area (Å²) in [4.78, 5) is 25.1. The highest BCUT2D eigenvalue weighted by molar-refractivity contribution is 5.91. The van der Waals surface area contributed by atoms with E-state index in [9.17, 15) is 9.59 Å². The van der Waals surface area contributed by atoms with Crippen LogP contribution in [0, 0.1) is 0 Å². The topological polar surface area (TPSA) is 73.5 Å². The first-order chi connectivity index (χ1) is 11.9. The van der Waals surface area contributed by atoms with E-state index in [4.69, 9.17) is 0 Å². The van der Waals surface area contributed by atoms with E-state index < -0.39 is 0 Å². The number of rotatable bonds is 7. The lowest BCUT2D eigenvalue weighted by Crippen LogP contribution is -2.16. The molecule has 2 aromatic rings. The van der Waals surface area contributed by atoms with Gasteiger partial charge in [0.1, 0.15) is 0 Å². The molecule has 6 heteroatoms. The lowest BCUT2D eigenvalue weighted by Gasteiger charge is -2.13. The van der Waals surface area contributed by atoms with Crippen LogP contribution >= 0.6 is 0 Å². The van der Waals surface area contributed by atoms with E-state index in [1.54, 1.807) is 0 Å². The van der Waals surface area contributed by atoms with Crippen LogP contribution in [-0.4, -0.2) is 32.5 Å². The zero-order chi connectivity index (χ0) is 18.2. The molecule has 25 heavy (non-hydrogen) atoms. The second-order valence-electron chi connectivity index (χ2n) is 5.93. The van der Waals surface area contributed by atoms with Crippen molar-refractivity contribution in [2.45, 2.75) is 13.3 Å². The summed E-state index contributed by atoms with van der Waals surface area (Å²) in [5, 5.41) is 8.79. The Hall–Kier alpha value is -3.02. The van der Waals surface area contributed by atoms with Crippen molar-refractivity contribution in [2.24, 2.45) is 0 Å². The Morgan fingerprint density at radius 2 is 1.60 bits per heavy atom. The molecule has 2 rings (SSSR count). The monoisotopic (exact) mass is 340 g/mol. The highest BCUT2D eigenvalue weighted by atomic mass is 16.2. The first-order valence-electron chi connectivity index (χ1n) is 8.13. The summed E-state index contributed by atoms with van der Waals surface area (Å²) >= 11 is 0. The minimum atomic E-state index is -0.114. The number of nitrogens with one attached hydrogen (secondary N) is 3. The van der Waals surface area contributed by atoms with Crippen LogP contribution in [0.1, 0.15) is 13.3 Å². The van der Waals surface area contributed by atoms with Crippen molar-refractivity contribution < 1.29 is 9.59 Å². The van der Waals surface area contributed by atoms with Gasteiger partial charge in [-0.05, 0) is 42.5 Å². The summed E-state index contributed by atoms with van der Waals surface area (Å²) in [5.74, 6) is -0.167. The van der Waals surface area contributed by atoms with Crippen molar-refractivity contribution in [3.8, 4) is 0 Å². The van der Waals surface area contributed by atoms with Crippen molar-refractivity contribution in [3.05, 3.63) is 48.5 Å². The fraction of sp³-hybridized carbons (Fsp3) is 0.263. The molecule has 0 bridgehead atoms. The average Bonchev–Trinajstić information content (AvgIpc) is 2.55. The second-order valence-corrected chi connectivity index (χ2v) is 5.93. The van der Waals surface area contributed by atoms with Crippen LogP contribution in [0.5, 0.6) is 0 Å². The van der Waals surface area contributed by atoms with E-state index in [0.717, 1.165) is 22.7 Å². The molecule has 2 aromatic carbocycles. The van der Waals surface area contributed by atoms with Crippen molar-refractivity contribution in [1.29, 1.82) is 0 Å². The molecule has 6 nitrogen and oxygen atoms in total. The van der Waals surface area contributed by atoms with E-state index in [2.05, 4.69) is 16.0 Å². The largest absolute Gasteiger partial charge is 0.384 e. The van der Waals surface area contributed by atoms with Crippen LogP contribution in [0.2, 0.25) is 0 Å². The Morgan fingerprint density at radius 3 is 2.24 bits per heavy atom. The smallest absolute Gasteiger partial charge is 0.226 e. The maximum absolute atomic E-state index is 12.0. The predicted molar refractivity (Wildman–Crippen MR) is 103 cm³/mol. The van der Waals surface area contributed by atoms with Gasteiger partial charge in [-0.25, -0.2) is 0 Å². The van der Waals surface area contributed by atoms with E-state index in [0.29, 0.717) is 13.0 Å². The van der Waals surface area contributed by atoms with E-state index in [-0.39, 0.29) is 11.8 Å². The minimum Gasteiger partial charge on any atom is -0.384 e. The molecule has 0 fully saturated rings. The number of hydrogen-bond acceptors (Lipinski definition) is 4. The molecule has 0 saturated carbocycles. The van der Waals surface area contributed by atoms with Crippen LogP contribution < -0.4 is 20.9 Å². The van der Waals surface area contributed by atoms with Gasteiger partial charge in [0.2, 0.25) is 11.8 Å². The third kappa shape index (κ3) is 6.18. The summed E-state index contributed by atoms with van der Waals surface area (Å²) in [7, 11) is 3.94. The lowest BCUT2D eigenvalue weighted by molar-refractivity contribution is -0.116. The third-order valence-corrected chi connectivity index (χ3v) is 3.53. The van der Waals surface area contributed by atoms with Gasteiger partial charge in [-0.15, -0.1) is 0 Å². The number of hydrogen-bond donors (Lipinski definition) is 3. The number of carbonyl (C=O) groups excluding carboxylic acids is 2. The molecule has 3 N–H and O–H groups in total. The van der Waals surface area contributed by atoms with Crippen molar-refractivity contribution >= 4 is 34.6 Å². The normalized spacial score (nSPS) is 10.0. The zero-order valence-corrected chi connectivity index (χ0v) is 14.8.